The molecule has 3 fully saturated rings. The number of aliphatic hydroxyl groups is 11. The van der Waals surface area contributed by atoms with Crippen LogP contribution in [0, 0.1) is 0 Å². The van der Waals surface area contributed by atoms with Crippen LogP contribution in [-0.2, 0) is 33.2 Å². The van der Waals surface area contributed by atoms with Gasteiger partial charge in [-0.2, -0.15) is 0 Å². The number of rotatable bonds is 52. The van der Waals surface area contributed by atoms with Crippen LogP contribution in [0.5, 0.6) is 0 Å². The first-order chi connectivity index (χ1) is 45.3. The van der Waals surface area contributed by atoms with E-state index in [2.05, 4.69) is 141 Å². The molecule has 3 saturated heterocycles. The lowest BCUT2D eigenvalue weighted by Gasteiger charge is -2.48. The number of hydrogen-bond donors (Lipinski definition) is 12. The van der Waals surface area contributed by atoms with Gasteiger partial charge in [0, 0.05) is 6.42 Å². The molecule has 532 valence electrons. The number of hydrogen-bond acceptors (Lipinski definition) is 18. The molecule has 17 atom stereocenters. The molecule has 1 amide bonds. The van der Waals surface area contributed by atoms with Gasteiger partial charge in [-0.05, 0) is 89.9 Å². The van der Waals surface area contributed by atoms with Gasteiger partial charge in [-0.1, -0.05) is 232 Å². The second-order valence-electron chi connectivity index (χ2n) is 24.6. The van der Waals surface area contributed by atoms with Crippen molar-refractivity contribution in [2.45, 2.75) is 311 Å². The fraction of sp³-hybridized carbons (Fsp3) is 0.716. The molecule has 0 bridgehead atoms. The Morgan fingerprint density at radius 1 is 0.398 bits per heavy atom. The molecule has 3 heterocycles. The number of ether oxygens (including phenoxy) is 6. The molecule has 12 N–H and O–H groups in total. The van der Waals surface area contributed by atoms with E-state index in [9.17, 15) is 61.0 Å². The van der Waals surface area contributed by atoms with Gasteiger partial charge in [-0.25, -0.2) is 0 Å². The van der Waals surface area contributed by atoms with Crippen molar-refractivity contribution < 1.29 is 89.4 Å². The summed E-state index contributed by atoms with van der Waals surface area (Å²) in [5.74, 6) is -0.258. The van der Waals surface area contributed by atoms with Crippen LogP contribution in [0.1, 0.15) is 206 Å². The molecule has 3 aliphatic heterocycles. The molecule has 0 spiro atoms. The summed E-state index contributed by atoms with van der Waals surface area (Å²) in [5, 5.41) is 120. The summed E-state index contributed by atoms with van der Waals surface area (Å²) in [6, 6.07) is -0.894. The summed E-state index contributed by atoms with van der Waals surface area (Å²) in [4.78, 5) is 13.3. The van der Waals surface area contributed by atoms with Crippen molar-refractivity contribution >= 4 is 5.91 Å². The lowest BCUT2D eigenvalue weighted by Crippen LogP contribution is -2.66. The zero-order chi connectivity index (χ0) is 67.5. The van der Waals surface area contributed by atoms with Gasteiger partial charge < -0.3 is 89.9 Å². The minimum Gasteiger partial charge on any atom is -0.394 e. The van der Waals surface area contributed by atoms with Gasteiger partial charge in [0.15, 0.2) is 18.9 Å². The van der Waals surface area contributed by atoms with E-state index in [0.29, 0.717) is 12.8 Å². The zero-order valence-electron chi connectivity index (χ0n) is 56.2. The van der Waals surface area contributed by atoms with Crippen molar-refractivity contribution in [3.05, 3.63) is 122 Å². The first-order valence-corrected chi connectivity index (χ1v) is 35.3. The first-order valence-electron chi connectivity index (χ1n) is 35.3. The number of allylic oxidation sites excluding steroid dienone is 20. The number of carbonyl (C=O) groups excluding carboxylic acids is 1. The van der Waals surface area contributed by atoms with Crippen LogP contribution in [0.3, 0.4) is 0 Å². The van der Waals surface area contributed by atoms with Crippen molar-refractivity contribution in [1.82, 2.24) is 5.32 Å². The molecule has 0 aromatic heterocycles. The molecule has 0 radical (unpaired) electrons. The van der Waals surface area contributed by atoms with Crippen molar-refractivity contribution in [1.29, 1.82) is 0 Å². The Bertz CT molecular complexity index is 2160. The quantitative estimate of drug-likeness (QED) is 0.0199. The minimum absolute atomic E-state index is 0.253. The molecule has 3 rings (SSSR count). The molecule has 19 nitrogen and oxygen atoms in total. The fourth-order valence-electron chi connectivity index (χ4n) is 11.1. The maximum absolute atomic E-state index is 13.3. The third kappa shape index (κ3) is 35.8. The Kier molecular flexibility index (Phi) is 48.6. The summed E-state index contributed by atoms with van der Waals surface area (Å²) in [5.41, 5.74) is 0. The largest absolute Gasteiger partial charge is 0.394 e. The number of amides is 1. The number of unbranched alkanes of at least 4 members (excludes halogenated alkanes) is 16. The molecule has 0 aromatic carbocycles. The van der Waals surface area contributed by atoms with E-state index in [1.54, 1.807) is 0 Å². The van der Waals surface area contributed by atoms with Crippen LogP contribution in [-0.4, -0.2) is 193 Å². The number of carbonyl (C=O) groups is 1. The molecule has 19 heteroatoms. The summed E-state index contributed by atoms with van der Waals surface area (Å²) >= 11 is 0. The maximum Gasteiger partial charge on any atom is 0.220 e. The molecule has 17 unspecified atom stereocenters. The minimum atomic E-state index is -1.98. The molecule has 93 heavy (non-hydrogen) atoms. The highest BCUT2D eigenvalue weighted by atomic mass is 16.8. The van der Waals surface area contributed by atoms with E-state index >= 15 is 0 Å². The van der Waals surface area contributed by atoms with E-state index < -0.39 is 124 Å². The standard InChI is InChI=1S/C74H123NO18/c1-3-5-7-9-11-12-13-14-15-16-17-18-19-20-21-22-23-24-25-26-27-28-29-30-31-32-33-34-35-36-37-38-39-40-41-42-43-44-46-48-50-52-62(80)75-57(58(79)51-49-47-45-10-8-6-4-2)56-88-72-68(86)65(83)70(60(54-77)90-72)93-74-69(87)66(84)71(61(55-78)91-74)92-73-67(85)64(82)63(81)59(53-76)89-73/h5,7,11-12,14-15,17-18,20-21,23-24,26-27,29-30,32-33,35-36,57-61,63-74,76-79,81-87H,3-4,6,8-10,13,16,19,22,25,28,31,34,37-56H2,1-2H3,(H,75,80)/b7-5-,12-11-,15-14-,18-17-,21-20-,24-23-,27-26-,30-29-,33-32-,36-35-. The summed E-state index contributed by atoms with van der Waals surface area (Å²) in [7, 11) is 0. The van der Waals surface area contributed by atoms with E-state index in [1.165, 1.54) is 38.5 Å². The summed E-state index contributed by atoms with van der Waals surface area (Å²) in [6.45, 7) is 1.59. The Labute approximate surface area is 557 Å². The van der Waals surface area contributed by atoms with Crippen molar-refractivity contribution in [3.8, 4) is 0 Å². The van der Waals surface area contributed by atoms with Crippen LogP contribution >= 0.6 is 0 Å². The lowest BCUT2D eigenvalue weighted by atomic mass is 9.96. The highest BCUT2D eigenvalue weighted by Gasteiger charge is 2.53. The Balaban J connectivity index is 1.27. The third-order valence-corrected chi connectivity index (χ3v) is 16.8. The molecular weight excluding hydrogens is 1190 g/mol. The molecule has 0 aromatic rings. The summed E-state index contributed by atoms with van der Waals surface area (Å²) < 4.78 is 34.2. The maximum atomic E-state index is 13.3. The highest BCUT2D eigenvalue weighted by Crippen LogP contribution is 2.33. The van der Waals surface area contributed by atoms with E-state index in [0.717, 1.165) is 135 Å². The molecular formula is C74H123NO18. The summed E-state index contributed by atoms with van der Waals surface area (Å²) in [6.07, 6.45) is 47.7. The van der Waals surface area contributed by atoms with Crippen LogP contribution in [0.15, 0.2) is 122 Å². The van der Waals surface area contributed by atoms with Crippen molar-refractivity contribution in [2.75, 3.05) is 26.4 Å². The van der Waals surface area contributed by atoms with Crippen molar-refractivity contribution in [2.24, 2.45) is 0 Å². The van der Waals surface area contributed by atoms with E-state index in [-0.39, 0.29) is 18.9 Å². The van der Waals surface area contributed by atoms with Gasteiger partial charge in [-0.15, -0.1) is 0 Å². The smallest absolute Gasteiger partial charge is 0.220 e. The monoisotopic (exact) mass is 1310 g/mol. The van der Waals surface area contributed by atoms with Gasteiger partial charge in [0.2, 0.25) is 5.91 Å². The molecule has 0 saturated carbocycles. The number of aliphatic hydroxyl groups excluding tert-OH is 11. The normalized spacial score (nSPS) is 28.3. The molecule has 0 aliphatic carbocycles. The zero-order valence-corrected chi connectivity index (χ0v) is 56.2. The molecule has 3 aliphatic rings. The van der Waals surface area contributed by atoms with E-state index in [1.807, 2.05) is 0 Å². The van der Waals surface area contributed by atoms with Gasteiger partial charge in [0.25, 0.3) is 0 Å². The van der Waals surface area contributed by atoms with E-state index in [4.69, 9.17) is 28.4 Å². The SMILES string of the molecule is CC/C=C\C/C=C\C/C=C\C/C=C\C/C=C\C/C=C\C/C=C\C/C=C\C/C=C\C/C=C\CCCCCCCCCCCCC(=O)NC(COC1OC(CO)C(OC2OC(CO)C(OC3OC(CO)C(O)C(O)C3O)C(O)C2O)C(O)C1O)C(O)CCCCCCCCC. The van der Waals surface area contributed by atoms with Gasteiger partial charge >= 0.3 is 0 Å². The van der Waals surface area contributed by atoms with Crippen LogP contribution in [0.25, 0.3) is 0 Å². The second kappa shape index (κ2) is 54.2. The van der Waals surface area contributed by atoms with Gasteiger partial charge in [0.05, 0.1) is 38.6 Å². The van der Waals surface area contributed by atoms with Crippen LogP contribution < -0.4 is 5.32 Å². The van der Waals surface area contributed by atoms with Gasteiger partial charge in [0.1, 0.15) is 73.2 Å². The first kappa shape index (κ1) is 83.4. The van der Waals surface area contributed by atoms with Gasteiger partial charge in [-0.3, -0.25) is 4.79 Å². The Hall–Kier alpha value is -3.81. The van der Waals surface area contributed by atoms with Crippen molar-refractivity contribution in [3.63, 3.8) is 0 Å². The Morgan fingerprint density at radius 3 is 1.16 bits per heavy atom. The second-order valence-corrected chi connectivity index (χ2v) is 24.6. The van der Waals surface area contributed by atoms with Crippen LogP contribution in [0.4, 0.5) is 0 Å². The Morgan fingerprint density at radius 2 is 0.742 bits per heavy atom. The predicted octanol–water partition coefficient (Wildman–Crippen LogP) is 9.60. The lowest BCUT2D eigenvalue weighted by molar-refractivity contribution is -0.379. The average molecular weight is 1310 g/mol. The predicted molar refractivity (Wildman–Crippen MR) is 364 cm³/mol. The highest BCUT2D eigenvalue weighted by molar-refractivity contribution is 5.76. The average Bonchev–Trinajstić information content (AvgIpc) is 0.798. The fourth-order valence-corrected chi connectivity index (χ4v) is 11.1. The number of nitrogens with one attached hydrogen (secondary N) is 1. The third-order valence-electron chi connectivity index (χ3n) is 16.8. The van der Waals surface area contributed by atoms with Crippen LogP contribution in [0.2, 0.25) is 0 Å². The topological polar surface area (TPSA) is 307 Å².